The van der Waals surface area contributed by atoms with E-state index in [0.29, 0.717) is 6.61 Å². The van der Waals surface area contributed by atoms with Crippen molar-refractivity contribution >= 4 is 27.5 Å². The maximum absolute atomic E-state index is 6.57. The summed E-state index contributed by atoms with van der Waals surface area (Å²) in [7, 11) is 0. The van der Waals surface area contributed by atoms with E-state index in [-0.39, 0.29) is 5.38 Å². The molecule has 2 aromatic rings. The van der Waals surface area contributed by atoms with Crippen LogP contribution in [0.3, 0.4) is 0 Å². The minimum Gasteiger partial charge on any atom is -0.494 e. The predicted molar refractivity (Wildman–Crippen MR) is 84.2 cm³/mol. The molecule has 0 bridgehead atoms. The molecule has 0 heterocycles. The highest BCUT2D eigenvalue weighted by atomic mass is 79.9. The number of alkyl halides is 1. The molecule has 100 valence electrons. The zero-order chi connectivity index (χ0) is 13.8. The van der Waals surface area contributed by atoms with E-state index in [9.17, 15) is 0 Å². The molecule has 0 aromatic heterocycles. The van der Waals surface area contributed by atoms with Crippen LogP contribution in [0.15, 0.2) is 46.9 Å². The van der Waals surface area contributed by atoms with Gasteiger partial charge in [-0.1, -0.05) is 45.8 Å². The van der Waals surface area contributed by atoms with Gasteiger partial charge in [0, 0.05) is 4.47 Å². The lowest BCUT2D eigenvalue weighted by Gasteiger charge is -2.14. The van der Waals surface area contributed by atoms with Gasteiger partial charge in [0.25, 0.3) is 0 Å². The highest BCUT2D eigenvalue weighted by Crippen LogP contribution is 2.34. The fraction of sp³-hybridized carbons (Fsp3) is 0.250. The Kier molecular flexibility index (Phi) is 4.89. The molecule has 0 saturated heterocycles. The third-order valence-electron chi connectivity index (χ3n) is 2.91. The Labute approximate surface area is 127 Å². The first-order valence-electron chi connectivity index (χ1n) is 6.24. The topological polar surface area (TPSA) is 9.23 Å². The number of ether oxygens (including phenoxy) is 1. The summed E-state index contributed by atoms with van der Waals surface area (Å²) >= 11 is 10.1. The van der Waals surface area contributed by atoms with Crippen molar-refractivity contribution in [2.75, 3.05) is 6.61 Å². The quantitative estimate of drug-likeness (QED) is 0.670. The zero-order valence-electron chi connectivity index (χ0n) is 11.0. The molecule has 0 radical (unpaired) electrons. The van der Waals surface area contributed by atoms with Gasteiger partial charge in [-0.05, 0) is 43.2 Å². The molecule has 0 aliphatic carbocycles. The highest BCUT2D eigenvalue weighted by molar-refractivity contribution is 9.10. The van der Waals surface area contributed by atoms with Crippen LogP contribution in [0, 0.1) is 6.92 Å². The van der Waals surface area contributed by atoms with Crippen molar-refractivity contribution in [3.63, 3.8) is 0 Å². The van der Waals surface area contributed by atoms with E-state index in [1.165, 1.54) is 5.56 Å². The van der Waals surface area contributed by atoms with Gasteiger partial charge in [0.1, 0.15) is 5.75 Å². The fourth-order valence-corrected chi connectivity index (χ4v) is 2.87. The molecule has 0 spiro atoms. The third-order valence-corrected chi connectivity index (χ3v) is 4.12. The lowest BCUT2D eigenvalue weighted by atomic mass is 10.0. The molecule has 1 unspecified atom stereocenters. The molecule has 0 amide bonds. The van der Waals surface area contributed by atoms with Crippen LogP contribution in [0.5, 0.6) is 5.75 Å². The number of hydrogen-bond acceptors (Lipinski definition) is 1. The SMILES string of the molecule is CCOc1ccc(C(Cl)c2cc(C)ccc2Br)cc1. The Hall–Kier alpha value is -0.990. The Bertz CT molecular complexity index is 551. The normalized spacial score (nSPS) is 12.2. The summed E-state index contributed by atoms with van der Waals surface area (Å²) in [5, 5.41) is -0.162. The third kappa shape index (κ3) is 3.52. The fourth-order valence-electron chi connectivity index (χ4n) is 1.94. The van der Waals surface area contributed by atoms with Gasteiger partial charge in [0.15, 0.2) is 0 Å². The first-order valence-corrected chi connectivity index (χ1v) is 7.47. The Morgan fingerprint density at radius 3 is 2.47 bits per heavy atom. The lowest BCUT2D eigenvalue weighted by molar-refractivity contribution is 0.340. The van der Waals surface area contributed by atoms with Crippen LogP contribution < -0.4 is 4.74 Å². The molecule has 2 rings (SSSR count). The molecule has 0 N–H and O–H groups in total. The molecule has 1 nitrogen and oxygen atoms in total. The van der Waals surface area contributed by atoms with Crippen LogP contribution in [-0.4, -0.2) is 6.61 Å². The van der Waals surface area contributed by atoms with E-state index in [0.717, 1.165) is 21.3 Å². The van der Waals surface area contributed by atoms with Crippen LogP contribution in [0.25, 0.3) is 0 Å². The van der Waals surface area contributed by atoms with Crippen LogP contribution in [0.4, 0.5) is 0 Å². The van der Waals surface area contributed by atoms with Gasteiger partial charge < -0.3 is 4.74 Å². The summed E-state index contributed by atoms with van der Waals surface area (Å²) in [5.74, 6) is 0.874. The zero-order valence-corrected chi connectivity index (χ0v) is 13.3. The van der Waals surface area contributed by atoms with E-state index in [1.54, 1.807) is 0 Å². The van der Waals surface area contributed by atoms with Gasteiger partial charge in [0.2, 0.25) is 0 Å². The van der Waals surface area contributed by atoms with Crippen molar-refractivity contribution in [2.24, 2.45) is 0 Å². The van der Waals surface area contributed by atoms with Gasteiger partial charge in [-0.2, -0.15) is 0 Å². The minimum atomic E-state index is -0.162. The number of halogens is 2. The van der Waals surface area contributed by atoms with Crippen LogP contribution in [0.2, 0.25) is 0 Å². The second-order valence-electron chi connectivity index (χ2n) is 4.39. The summed E-state index contributed by atoms with van der Waals surface area (Å²) in [6.45, 7) is 4.72. The number of aryl methyl sites for hydroxylation is 1. The van der Waals surface area contributed by atoms with E-state index >= 15 is 0 Å². The molecule has 19 heavy (non-hydrogen) atoms. The van der Waals surface area contributed by atoms with Crippen molar-refractivity contribution in [1.82, 2.24) is 0 Å². The van der Waals surface area contributed by atoms with Gasteiger partial charge in [0.05, 0.1) is 12.0 Å². The molecule has 0 saturated carbocycles. The Morgan fingerprint density at radius 2 is 1.84 bits per heavy atom. The van der Waals surface area contributed by atoms with Gasteiger partial charge in [-0.25, -0.2) is 0 Å². The second kappa shape index (κ2) is 6.44. The molecule has 0 aliphatic rings. The summed E-state index contributed by atoms with van der Waals surface area (Å²) in [4.78, 5) is 0. The van der Waals surface area contributed by atoms with Crippen molar-refractivity contribution in [3.05, 3.63) is 63.6 Å². The van der Waals surface area contributed by atoms with Crippen molar-refractivity contribution in [1.29, 1.82) is 0 Å². The van der Waals surface area contributed by atoms with Gasteiger partial charge >= 0.3 is 0 Å². The largest absolute Gasteiger partial charge is 0.494 e. The van der Waals surface area contributed by atoms with Gasteiger partial charge in [-0.15, -0.1) is 11.6 Å². The smallest absolute Gasteiger partial charge is 0.119 e. The average Bonchev–Trinajstić information content (AvgIpc) is 2.42. The maximum atomic E-state index is 6.57. The molecule has 1 atom stereocenters. The molecular weight excluding hydrogens is 324 g/mol. The maximum Gasteiger partial charge on any atom is 0.119 e. The number of benzene rings is 2. The summed E-state index contributed by atoms with van der Waals surface area (Å²) < 4.78 is 6.47. The average molecular weight is 340 g/mol. The minimum absolute atomic E-state index is 0.162. The summed E-state index contributed by atoms with van der Waals surface area (Å²) in [6, 6.07) is 14.1. The number of rotatable bonds is 4. The van der Waals surface area contributed by atoms with Crippen LogP contribution >= 0.6 is 27.5 Å². The molecule has 0 aliphatic heterocycles. The first kappa shape index (κ1) is 14.4. The second-order valence-corrected chi connectivity index (χ2v) is 5.68. The Balaban J connectivity index is 2.27. The van der Waals surface area contributed by atoms with E-state index in [2.05, 4.69) is 35.0 Å². The standard InChI is InChI=1S/C16H16BrClO/c1-3-19-13-7-5-12(6-8-13)16(18)14-10-11(2)4-9-15(14)17/h4-10,16H,3H2,1-2H3. The van der Waals surface area contributed by atoms with Crippen molar-refractivity contribution < 1.29 is 4.74 Å². The first-order chi connectivity index (χ1) is 9.11. The summed E-state index contributed by atoms with van der Waals surface area (Å²) in [6.07, 6.45) is 0. The van der Waals surface area contributed by atoms with E-state index < -0.39 is 0 Å². The predicted octanol–water partition coefficient (Wildman–Crippen LogP) is 5.48. The van der Waals surface area contributed by atoms with Crippen LogP contribution in [-0.2, 0) is 0 Å². The van der Waals surface area contributed by atoms with E-state index in [1.807, 2.05) is 37.3 Å². The van der Waals surface area contributed by atoms with Crippen molar-refractivity contribution in [3.8, 4) is 5.75 Å². The van der Waals surface area contributed by atoms with Gasteiger partial charge in [-0.3, -0.25) is 0 Å². The molecule has 0 fully saturated rings. The molecular formula is C16H16BrClO. The monoisotopic (exact) mass is 338 g/mol. The van der Waals surface area contributed by atoms with Crippen molar-refractivity contribution in [2.45, 2.75) is 19.2 Å². The molecule has 3 heteroatoms. The summed E-state index contributed by atoms with van der Waals surface area (Å²) in [5.41, 5.74) is 3.36. The number of hydrogen-bond donors (Lipinski definition) is 0. The van der Waals surface area contributed by atoms with E-state index in [4.69, 9.17) is 16.3 Å². The lowest BCUT2D eigenvalue weighted by Crippen LogP contribution is -1.96. The Morgan fingerprint density at radius 1 is 1.16 bits per heavy atom. The molecule has 2 aromatic carbocycles. The highest BCUT2D eigenvalue weighted by Gasteiger charge is 2.14. The van der Waals surface area contributed by atoms with Crippen LogP contribution in [0.1, 0.15) is 29.0 Å².